The monoisotopic (exact) mass is 347 g/mol. The highest BCUT2D eigenvalue weighted by Crippen LogP contribution is 2.25. The van der Waals surface area contributed by atoms with Gasteiger partial charge in [-0.25, -0.2) is 0 Å². The van der Waals surface area contributed by atoms with Crippen molar-refractivity contribution in [2.45, 2.75) is 19.1 Å². The molecule has 0 heterocycles. The van der Waals surface area contributed by atoms with Gasteiger partial charge in [0.05, 0.1) is 11.6 Å². The summed E-state index contributed by atoms with van der Waals surface area (Å²) in [6.45, 7) is 2.61. The molecule has 1 aromatic rings. The molecule has 0 aliphatic carbocycles. The van der Waals surface area contributed by atoms with Crippen LogP contribution in [0, 0.1) is 0 Å². The smallest absolute Gasteiger partial charge is 0.232 e. The molecule has 0 aliphatic rings. The van der Waals surface area contributed by atoms with Gasteiger partial charge >= 0.3 is 0 Å². The van der Waals surface area contributed by atoms with Gasteiger partial charge in [-0.3, -0.25) is 9.00 Å². The molecule has 0 aromatic heterocycles. The highest BCUT2D eigenvalue weighted by atomic mass is 79.9. The Hall–Kier alpha value is -0.880. The molecule has 0 bridgehead atoms. The maximum absolute atomic E-state index is 11.9. The second-order valence-electron chi connectivity index (χ2n) is 4.05. The summed E-state index contributed by atoms with van der Waals surface area (Å²) in [5.41, 5.74) is 0.911. The Bertz CT molecular complexity index is 465. The predicted octanol–water partition coefficient (Wildman–Crippen LogP) is 2.23. The Morgan fingerprint density at radius 3 is 2.79 bits per heavy atom. The van der Waals surface area contributed by atoms with Gasteiger partial charge in [-0.15, -0.1) is 0 Å². The Labute approximate surface area is 124 Å². The van der Waals surface area contributed by atoms with E-state index in [-0.39, 0.29) is 11.7 Å². The largest absolute Gasteiger partial charge is 0.496 e. The van der Waals surface area contributed by atoms with E-state index < -0.39 is 10.8 Å². The number of halogens is 1. The molecule has 6 heteroatoms. The van der Waals surface area contributed by atoms with Crippen LogP contribution in [0.1, 0.15) is 18.9 Å². The van der Waals surface area contributed by atoms with E-state index in [4.69, 9.17) is 4.74 Å². The van der Waals surface area contributed by atoms with Crippen LogP contribution in [0.2, 0.25) is 0 Å². The van der Waals surface area contributed by atoms with Gasteiger partial charge in [0.1, 0.15) is 11.5 Å². The van der Waals surface area contributed by atoms with Crippen molar-refractivity contribution in [3.8, 4) is 5.75 Å². The fraction of sp³-hybridized carbons (Fsp3) is 0.462. The highest BCUT2D eigenvalue weighted by molar-refractivity contribution is 9.10. The van der Waals surface area contributed by atoms with Crippen LogP contribution in [-0.2, 0) is 21.3 Å². The van der Waals surface area contributed by atoms with E-state index in [1.165, 1.54) is 0 Å². The van der Waals surface area contributed by atoms with E-state index in [0.29, 0.717) is 12.3 Å². The van der Waals surface area contributed by atoms with Gasteiger partial charge in [-0.2, -0.15) is 0 Å². The Balaban J connectivity index is 2.52. The number of methoxy groups -OCH3 is 1. The van der Waals surface area contributed by atoms with Crippen LogP contribution in [-0.4, -0.2) is 29.5 Å². The first-order valence-electron chi connectivity index (χ1n) is 6.01. The molecule has 1 rings (SSSR count). The lowest BCUT2D eigenvalue weighted by Crippen LogP contribution is -2.29. The summed E-state index contributed by atoms with van der Waals surface area (Å²) < 4.78 is 17.8. The molecule has 0 saturated heterocycles. The zero-order valence-electron chi connectivity index (χ0n) is 11.1. The molecule has 106 valence electrons. The zero-order chi connectivity index (χ0) is 14.3. The summed E-state index contributed by atoms with van der Waals surface area (Å²) in [5, 5.41) is 2.72. The van der Waals surface area contributed by atoms with Crippen LogP contribution in [0.5, 0.6) is 5.75 Å². The number of carbonyl (C=O) groups is 1. The first kappa shape index (κ1) is 16.2. The van der Waals surface area contributed by atoms with E-state index in [9.17, 15) is 9.00 Å². The van der Waals surface area contributed by atoms with Crippen molar-refractivity contribution < 1.29 is 13.7 Å². The van der Waals surface area contributed by atoms with Crippen LogP contribution >= 0.6 is 15.9 Å². The van der Waals surface area contributed by atoms with Crippen LogP contribution in [0.3, 0.4) is 0 Å². The molecular formula is C13H18BrNO3S. The van der Waals surface area contributed by atoms with Crippen LogP contribution in [0.25, 0.3) is 0 Å². The fourth-order valence-corrected chi connectivity index (χ4v) is 3.13. The second-order valence-corrected chi connectivity index (χ2v) is 6.36. The minimum Gasteiger partial charge on any atom is -0.496 e. The summed E-state index contributed by atoms with van der Waals surface area (Å²) in [6, 6.07) is 5.53. The van der Waals surface area contributed by atoms with Gasteiger partial charge in [0, 0.05) is 23.1 Å². The van der Waals surface area contributed by atoms with Gasteiger partial charge < -0.3 is 10.1 Å². The van der Waals surface area contributed by atoms with E-state index in [0.717, 1.165) is 22.2 Å². The number of amides is 1. The van der Waals surface area contributed by atoms with Gasteiger partial charge in [0.15, 0.2) is 0 Å². The van der Waals surface area contributed by atoms with Crippen molar-refractivity contribution in [3.05, 3.63) is 28.2 Å². The van der Waals surface area contributed by atoms with Gasteiger partial charge in [0.25, 0.3) is 0 Å². The van der Waals surface area contributed by atoms with Crippen LogP contribution in [0.15, 0.2) is 22.7 Å². The average molecular weight is 348 g/mol. The number of hydrogen-bond acceptors (Lipinski definition) is 3. The minimum absolute atomic E-state index is 0.0453. The van der Waals surface area contributed by atoms with Crippen molar-refractivity contribution in [2.75, 3.05) is 19.4 Å². The minimum atomic E-state index is -1.20. The number of hydrogen-bond donors (Lipinski definition) is 1. The Morgan fingerprint density at radius 2 is 2.21 bits per heavy atom. The SMILES string of the molecule is CCCNC(=O)C[S@@](=O)Cc1ccc(OC)c(Br)c1. The van der Waals surface area contributed by atoms with E-state index in [2.05, 4.69) is 21.2 Å². The van der Waals surface area contributed by atoms with E-state index in [1.54, 1.807) is 7.11 Å². The first-order chi connectivity index (χ1) is 9.06. The zero-order valence-corrected chi connectivity index (χ0v) is 13.5. The lowest BCUT2D eigenvalue weighted by molar-refractivity contribution is -0.118. The van der Waals surface area contributed by atoms with Gasteiger partial charge in [-0.1, -0.05) is 13.0 Å². The quantitative estimate of drug-likeness (QED) is 0.822. The lowest BCUT2D eigenvalue weighted by atomic mass is 10.2. The molecule has 1 atom stereocenters. The molecular weight excluding hydrogens is 330 g/mol. The number of benzene rings is 1. The topological polar surface area (TPSA) is 55.4 Å². The Kier molecular flexibility index (Phi) is 7.09. The third kappa shape index (κ3) is 5.74. The van der Waals surface area contributed by atoms with E-state index in [1.807, 2.05) is 25.1 Å². The van der Waals surface area contributed by atoms with Gasteiger partial charge in [0.2, 0.25) is 5.91 Å². The predicted molar refractivity (Wildman–Crippen MR) is 80.7 cm³/mol. The molecule has 0 radical (unpaired) electrons. The average Bonchev–Trinajstić information content (AvgIpc) is 2.36. The van der Waals surface area contributed by atoms with E-state index >= 15 is 0 Å². The summed E-state index contributed by atoms with van der Waals surface area (Å²) in [6.07, 6.45) is 0.879. The second kappa shape index (κ2) is 8.32. The number of carbonyl (C=O) groups excluding carboxylic acids is 1. The number of rotatable bonds is 7. The summed E-state index contributed by atoms with van der Waals surface area (Å²) in [5.74, 6) is 0.981. The van der Waals surface area contributed by atoms with Crippen molar-refractivity contribution in [1.82, 2.24) is 5.32 Å². The number of ether oxygens (including phenoxy) is 1. The van der Waals surface area contributed by atoms with Crippen LogP contribution in [0.4, 0.5) is 0 Å². The lowest BCUT2D eigenvalue weighted by Gasteiger charge is -2.07. The maximum Gasteiger partial charge on any atom is 0.232 e. The fourth-order valence-electron chi connectivity index (χ4n) is 1.50. The molecule has 0 fully saturated rings. The molecule has 0 aliphatic heterocycles. The molecule has 0 spiro atoms. The molecule has 0 unspecified atom stereocenters. The first-order valence-corrected chi connectivity index (χ1v) is 8.29. The molecule has 4 nitrogen and oxygen atoms in total. The summed E-state index contributed by atoms with van der Waals surface area (Å²) >= 11 is 3.38. The molecule has 19 heavy (non-hydrogen) atoms. The van der Waals surface area contributed by atoms with Crippen molar-refractivity contribution in [1.29, 1.82) is 0 Å². The summed E-state index contributed by atoms with van der Waals surface area (Å²) in [7, 11) is 0.398. The number of nitrogens with one attached hydrogen (secondary N) is 1. The third-order valence-electron chi connectivity index (χ3n) is 2.41. The van der Waals surface area contributed by atoms with Crippen molar-refractivity contribution in [3.63, 3.8) is 0 Å². The van der Waals surface area contributed by atoms with Crippen LogP contribution < -0.4 is 10.1 Å². The van der Waals surface area contributed by atoms with Gasteiger partial charge in [-0.05, 0) is 40.0 Å². The molecule has 1 amide bonds. The maximum atomic E-state index is 11.9. The molecule has 1 N–H and O–H groups in total. The third-order valence-corrected chi connectivity index (χ3v) is 4.27. The molecule has 0 saturated carbocycles. The highest BCUT2D eigenvalue weighted by Gasteiger charge is 2.09. The normalized spacial score (nSPS) is 11.9. The van der Waals surface area contributed by atoms with Crippen molar-refractivity contribution in [2.24, 2.45) is 0 Å². The van der Waals surface area contributed by atoms with Crippen molar-refractivity contribution >= 4 is 32.6 Å². The Morgan fingerprint density at radius 1 is 1.47 bits per heavy atom. The summed E-state index contributed by atoms with van der Waals surface area (Å²) in [4.78, 5) is 11.4. The standard InChI is InChI=1S/C13H18BrNO3S/c1-3-6-15-13(16)9-19(17)8-10-4-5-12(18-2)11(14)7-10/h4-5,7H,3,6,8-9H2,1-2H3,(H,15,16)/t19-/m0/s1. The molecule has 1 aromatic carbocycles.